The second-order valence-electron chi connectivity index (χ2n) is 6.32. The van der Waals surface area contributed by atoms with Crippen molar-refractivity contribution in [3.05, 3.63) is 59.4 Å². The number of hydrogen-bond acceptors (Lipinski definition) is 6. The van der Waals surface area contributed by atoms with Crippen LogP contribution >= 0.6 is 11.6 Å². The van der Waals surface area contributed by atoms with Crippen LogP contribution in [0.1, 0.15) is 19.7 Å². The van der Waals surface area contributed by atoms with Crippen LogP contribution in [0.15, 0.2) is 57.9 Å². The predicted octanol–water partition coefficient (Wildman–Crippen LogP) is 4.00. The zero-order valence-corrected chi connectivity index (χ0v) is 17.2. The van der Waals surface area contributed by atoms with Gasteiger partial charge in [-0.3, -0.25) is 0 Å². The molecule has 0 amide bonds. The van der Waals surface area contributed by atoms with Gasteiger partial charge in [-0.05, 0) is 32.0 Å². The Morgan fingerprint density at radius 2 is 1.89 bits per heavy atom. The minimum absolute atomic E-state index is 0.0148. The van der Waals surface area contributed by atoms with Crippen molar-refractivity contribution >= 4 is 21.6 Å². The summed E-state index contributed by atoms with van der Waals surface area (Å²) in [5.74, 6) is 0.805. The molecule has 7 nitrogen and oxygen atoms in total. The van der Waals surface area contributed by atoms with E-state index in [1.165, 1.54) is 23.5 Å². The fourth-order valence-corrected chi connectivity index (χ4v) is 4.69. The Hall–Kier alpha value is -2.42. The molecule has 0 atom stereocenters. The van der Waals surface area contributed by atoms with Crippen molar-refractivity contribution in [3.8, 4) is 17.1 Å². The van der Waals surface area contributed by atoms with Crippen LogP contribution in [0.3, 0.4) is 0 Å². The third-order valence-electron chi connectivity index (χ3n) is 4.08. The average Bonchev–Trinajstić information content (AvgIpc) is 3.15. The van der Waals surface area contributed by atoms with Gasteiger partial charge in [-0.25, -0.2) is 8.42 Å². The smallest absolute Gasteiger partial charge is 0.247 e. The number of sulfonamides is 1. The minimum atomic E-state index is -3.92. The average molecular weight is 422 g/mol. The molecule has 0 aliphatic rings. The lowest BCUT2D eigenvalue weighted by Crippen LogP contribution is -2.36. The molecule has 0 radical (unpaired) electrons. The first-order chi connectivity index (χ1) is 13.3. The summed E-state index contributed by atoms with van der Waals surface area (Å²) in [6.45, 7) is 3.46. The summed E-state index contributed by atoms with van der Waals surface area (Å²) in [4.78, 5) is 4.31. The highest BCUT2D eigenvalue weighted by atomic mass is 35.5. The van der Waals surface area contributed by atoms with Gasteiger partial charge in [0.25, 0.3) is 0 Å². The van der Waals surface area contributed by atoms with Gasteiger partial charge in [0.2, 0.25) is 21.7 Å². The number of halogens is 1. The van der Waals surface area contributed by atoms with E-state index in [1.807, 2.05) is 30.3 Å². The van der Waals surface area contributed by atoms with E-state index in [0.29, 0.717) is 10.8 Å². The highest BCUT2D eigenvalue weighted by molar-refractivity contribution is 7.89. The van der Waals surface area contributed by atoms with Crippen LogP contribution in [0.2, 0.25) is 5.02 Å². The Morgan fingerprint density at radius 3 is 2.54 bits per heavy atom. The Balaban J connectivity index is 1.94. The van der Waals surface area contributed by atoms with Crippen LogP contribution < -0.4 is 4.74 Å². The van der Waals surface area contributed by atoms with Crippen molar-refractivity contribution in [3.63, 3.8) is 0 Å². The maximum Gasteiger partial charge on any atom is 0.247 e. The number of methoxy groups -OCH3 is 1. The van der Waals surface area contributed by atoms with Gasteiger partial charge in [-0.2, -0.15) is 9.29 Å². The van der Waals surface area contributed by atoms with Gasteiger partial charge in [-0.1, -0.05) is 47.1 Å². The van der Waals surface area contributed by atoms with Crippen molar-refractivity contribution in [1.29, 1.82) is 0 Å². The molecule has 1 heterocycles. The summed E-state index contributed by atoms with van der Waals surface area (Å²) in [5, 5.41) is 4.25. The molecule has 0 unspecified atom stereocenters. The van der Waals surface area contributed by atoms with E-state index in [1.54, 1.807) is 19.9 Å². The topological polar surface area (TPSA) is 85.5 Å². The Bertz CT molecular complexity index is 1050. The normalized spacial score (nSPS) is 11.9. The van der Waals surface area contributed by atoms with E-state index in [9.17, 15) is 8.42 Å². The Morgan fingerprint density at radius 1 is 1.18 bits per heavy atom. The van der Waals surface area contributed by atoms with Gasteiger partial charge in [0.1, 0.15) is 10.6 Å². The summed E-state index contributed by atoms with van der Waals surface area (Å²) in [5.41, 5.74) is 0.785. The Kier molecular flexibility index (Phi) is 6.02. The summed E-state index contributed by atoms with van der Waals surface area (Å²) >= 11 is 6.02. The summed E-state index contributed by atoms with van der Waals surface area (Å²) in [6, 6.07) is 13.4. The van der Waals surface area contributed by atoms with E-state index in [0.717, 1.165) is 5.56 Å². The van der Waals surface area contributed by atoms with E-state index in [4.69, 9.17) is 20.9 Å². The highest BCUT2D eigenvalue weighted by Gasteiger charge is 2.32. The van der Waals surface area contributed by atoms with Crippen molar-refractivity contribution in [2.75, 3.05) is 7.11 Å². The zero-order valence-electron chi connectivity index (χ0n) is 15.7. The lowest BCUT2D eigenvalue weighted by atomic mass is 10.2. The van der Waals surface area contributed by atoms with Crippen molar-refractivity contribution in [1.82, 2.24) is 14.4 Å². The first-order valence-corrected chi connectivity index (χ1v) is 10.4. The molecule has 0 N–H and O–H groups in total. The largest absolute Gasteiger partial charge is 0.495 e. The van der Waals surface area contributed by atoms with E-state index < -0.39 is 10.0 Å². The second-order valence-corrected chi connectivity index (χ2v) is 8.61. The molecule has 3 aromatic rings. The van der Waals surface area contributed by atoms with Gasteiger partial charge in [0.05, 0.1) is 13.7 Å². The minimum Gasteiger partial charge on any atom is -0.495 e. The third-order valence-corrected chi connectivity index (χ3v) is 6.36. The molecular formula is C19H20ClN3O4S. The van der Waals surface area contributed by atoms with Crippen molar-refractivity contribution < 1.29 is 17.7 Å². The van der Waals surface area contributed by atoms with Crippen LogP contribution in [-0.4, -0.2) is 36.0 Å². The van der Waals surface area contributed by atoms with Gasteiger partial charge in [0.15, 0.2) is 0 Å². The van der Waals surface area contributed by atoms with Gasteiger partial charge < -0.3 is 9.26 Å². The van der Waals surface area contributed by atoms with E-state index in [-0.39, 0.29) is 29.1 Å². The number of ether oxygens (including phenoxy) is 1. The molecule has 0 aliphatic heterocycles. The molecule has 0 aliphatic carbocycles. The van der Waals surface area contributed by atoms with Crippen molar-refractivity contribution in [2.24, 2.45) is 0 Å². The number of hydrogen-bond donors (Lipinski definition) is 0. The Labute approximate surface area is 168 Å². The van der Waals surface area contributed by atoms with Crippen LogP contribution in [0.25, 0.3) is 11.4 Å². The number of aromatic nitrogens is 2. The standard InChI is InChI=1S/C19H20ClN3O4S/c1-13(2)23(28(24,25)17-11-15(20)9-10-16(17)26-3)12-18-21-19(22-27-18)14-7-5-4-6-8-14/h4-11,13H,12H2,1-3H3. The number of nitrogens with zero attached hydrogens (tertiary/aromatic N) is 3. The maximum absolute atomic E-state index is 13.3. The predicted molar refractivity (Wildman–Crippen MR) is 106 cm³/mol. The maximum atomic E-state index is 13.3. The van der Waals surface area contributed by atoms with Crippen LogP contribution in [-0.2, 0) is 16.6 Å². The van der Waals surface area contributed by atoms with Gasteiger partial charge >= 0.3 is 0 Å². The van der Waals surface area contributed by atoms with Gasteiger partial charge in [0, 0.05) is 16.6 Å². The van der Waals surface area contributed by atoms with Crippen molar-refractivity contribution in [2.45, 2.75) is 31.3 Å². The second kappa shape index (κ2) is 8.30. The molecular weight excluding hydrogens is 402 g/mol. The first kappa shape index (κ1) is 20.3. The molecule has 148 valence electrons. The molecule has 0 fully saturated rings. The fraction of sp³-hybridized carbons (Fsp3) is 0.263. The van der Waals surface area contributed by atoms with Crippen LogP contribution in [0.4, 0.5) is 0 Å². The third kappa shape index (κ3) is 4.19. The lowest BCUT2D eigenvalue weighted by Gasteiger charge is -2.25. The van der Waals surface area contributed by atoms with Crippen LogP contribution in [0, 0.1) is 0 Å². The molecule has 3 rings (SSSR count). The van der Waals surface area contributed by atoms with E-state index >= 15 is 0 Å². The quantitative estimate of drug-likeness (QED) is 0.573. The van der Waals surface area contributed by atoms with E-state index in [2.05, 4.69) is 10.1 Å². The SMILES string of the molecule is COc1ccc(Cl)cc1S(=O)(=O)N(Cc1nc(-c2ccccc2)no1)C(C)C. The molecule has 0 saturated carbocycles. The van der Waals surface area contributed by atoms with Gasteiger partial charge in [-0.15, -0.1) is 0 Å². The molecule has 0 bridgehead atoms. The van der Waals surface area contributed by atoms with Crippen LogP contribution in [0.5, 0.6) is 5.75 Å². The number of benzene rings is 2. The monoisotopic (exact) mass is 421 g/mol. The lowest BCUT2D eigenvalue weighted by molar-refractivity contribution is 0.285. The molecule has 0 spiro atoms. The highest BCUT2D eigenvalue weighted by Crippen LogP contribution is 2.31. The molecule has 28 heavy (non-hydrogen) atoms. The molecule has 2 aromatic carbocycles. The molecule has 0 saturated heterocycles. The molecule has 9 heteroatoms. The number of rotatable bonds is 7. The first-order valence-electron chi connectivity index (χ1n) is 8.56. The fourth-order valence-electron chi connectivity index (χ4n) is 2.68. The summed E-state index contributed by atoms with van der Waals surface area (Å²) < 4.78 is 38.3. The summed E-state index contributed by atoms with van der Waals surface area (Å²) in [6.07, 6.45) is 0. The molecule has 1 aromatic heterocycles. The zero-order chi connectivity index (χ0) is 20.3. The summed E-state index contributed by atoms with van der Waals surface area (Å²) in [7, 11) is -2.51.